The molecule has 1 N–H and O–H groups in total. The van der Waals surface area contributed by atoms with Crippen LogP contribution in [0.1, 0.15) is 26.7 Å². The molecule has 0 radical (unpaired) electrons. The van der Waals surface area contributed by atoms with Crippen LogP contribution in [-0.2, 0) is 9.47 Å². The van der Waals surface area contributed by atoms with Crippen LogP contribution in [0.2, 0.25) is 0 Å². The Morgan fingerprint density at radius 2 is 1.72 bits per heavy atom. The second-order valence-electron chi connectivity index (χ2n) is 4.21. The quantitative estimate of drug-likeness (QED) is 0.365. The van der Waals surface area contributed by atoms with E-state index in [1.165, 1.54) is 6.42 Å². The van der Waals surface area contributed by atoms with Gasteiger partial charge in [0.25, 0.3) is 0 Å². The minimum atomic E-state index is 0.639. The SMILES string of the molecule is CCCCOCCOCCN=C(NCC)N(C)C. The fourth-order valence-corrected chi connectivity index (χ4v) is 1.30. The Bertz CT molecular complexity index is 208. The van der Waals surface area contributed by atoms with E-state index in [1.54, 1.807) is 0 Å². The van der Waals surface area contributed by atoms with Crippen molar-refractivity contribution in [1.82, 2.24) is 10.2 Å². The van der Waals surface area contributed by atoms with Crippen molar-refractivity contribution in [2.24, 2.45) is 4.99 Å². The molecule has 0 amide bonds. The van der Waals surface area contributed by atoms with E-state index in [0.29, 0.717) is 26.4 Å². The van der Waals surface area contributed by atoms with Gasteiger partial charge in [-0.25, -0.2) is 0 Å². The lowest BCUT2D eigenvalue weighted by atomic mass is 10.4. The third-order valence-electron chi connectivity index (χ3n) is 2.27. The topological polar surface area (TPSA) is 46.1 Å². The normalized spacial score (nSPS) is 11.7. The van der Waals surface area contributed by atoms with E-state index in [4.69, 9.17) is 9.47 Å². The van der Waals surface area contributed by atoms with Crippen molar-refractivity contribution in [2.45, 2.75) is 26.7 Å². The van der Waals surface area contributed by atoms with E-state index in [0.717, 1.165) is 25.5 Å². The number of aliphatic imine (C=N–C) groups is 1. The van der Waals surface area contributed by atoms with Crippen LogP contribution in [0.25, 0.3) is 0 Å². The van der Waals surface area contributed by atoms with Gasteiger partial charge in [0.1, 0.15) is 0 Å². The molecule has 0 aliphatic heterocycles. The van der Waals surface area contributed by atoms with E-state index in [9.17, 15) is 0 Å². The molecule has 0 aromatic carbocycles. The van der Waals surface area contributed by atoms with Crippen LogP contribution in [0, 0.1) is 0 Å². The van der Waals surface area contributed by atoms with Crippen LogP contribution in [-0.4, -0.2) is 64.5 Å². The molecule has 108 valence electrons. The molecule has 0 saturated heterocycles. The Kier molecular flexibility index (Phi) is 12.1. The maximum atomic E-state index is 5.44. The zero-order chi connectivity index (χ0) is 13.6. The molecule has 0 aliphatic carbocycles. The smallest absolute Gasteiger partial charge is 0.193 e. The summed E-state index contributed by atoms with van der Waals surface area (Å²) in [6, 6.07) is 0. The minimum Gasteiger partial charge on any atom is -0.379 e. The molecule has 0 aromatic heterocycles. The van der Waals surface area contributed by atoms with Crippen LogP contribution in [0.15, 0.2) is 4.99 Å². The summed E-state index contributed by atoms with van der Waals surface area (Å²) < 4.78 is 10.8. The predicted molar refractivity (Wildman–Crippen MR) is 76.2 cm³/mol. The zero-order valence-electron chi connectivity index (χ0n) is 12.4. The molecule has 5 heteroatoms. The van der Waals surface area contributed by atoms with Crippen LogP contribution in [0.3, 0.4) is 0 Å². The van der Waals surface area contributed by atoms with Crippen molar-refractivity contribution in [2.75, 3.05) is 53.6 Å². The third kappa shape index (κ3) is 10.4. The molecule has 0 spiro atoms. The highest BCUT2D eigenvalue weighted by atomic mass is 16.5. The van der Waals surface area contributed by atoms with Gasteiger partial charge in [-0.3, -0.25) is 4.99 Å². The van der Waals surface area contributed by atoms with E-state index in [-0.39, 0.29) is 0 Å². The first kappa shape index (κ1) is 17.2. The zero-order valence-corrected chi connectivity index (χ0v) is 12.4. The molecular weight excluding hydrogens is 230 g/mol. The Morgan fingerprint density at radius 3 is 2.28 bits per heavy atom. The Morgan fingerprint density at radius 1 is 1.06 bits per heavy atom. The van der Waals surface area contributed by atoms with Crippen molar-refractivity contribution in [1.29, 1.82) is 0 Å². The predicted octanol–water partition coefficient (Wildman–Crippen LogP) is 1.35. The lowest BCUT2D eigenvalue weighted by Crippen LogP contribution is -2.36. The second kappa shape index (κ2) is 12.6. The molecule has 0 aliphatic rings. The highest BCUT2D eigenvalue weighted by Gasteiger charge is 1.98. The molecule has 0 aromatic rings. The van der Waals surface area contributed by atoms with Crippen LogP contribution >= 0.6 is 0 Å². The molecule has 0 unspecified atom stereocenters. The molecule has 0 bridgehead atoms. The molecular formula is C13H29N3O2. The second-order valence-corrected chi connectivity index (χ2v) is 4.21. The fourth-order valence-electron chi connectivity index (χ4n) is 1.30. The number of hydrogen-bond acceptors (Lipinski definition) is 3. The average Bonchev–Trinajstić information content (AvgIpc) is 2.35. The van der Waals surface area contributed by atoms with Gasteiger partial charge in [-0.05, 0) is 13.3 Å². The Hall–Kier alpha value is -0.810. The standard InChI is InChI=1S/C13H29N3O2/c1-5-7-9-17-11-12-18-10-8-15-13(14-6-2)16(3)4/h5-12H2,1-4H3,(H,14,15). The number of hydrogen-bond donors (Lipinski definition) is 1. The van der Waals surface area contributed by atoms with Crippen LogP contribution in [0.5, 0.6) is 0 Å². The number of unbranched alkanes of at least 4 members (excludes halogenated alkanes) is 1. The van der Waals surface area contributed by atoms with E-state index in [2.05, 4.69) is 24.2 Å². The van der Waals surface area contributed by atoms with E-state index < -0.39 is 0 Å². The number of guanidine groups is 1. The molecule has 0 saturated carbocycles. The molecule has 0 fully saturated rings. The van der Waals surface area contributed by atoms with Gasteiger partial charge in [-0.1, -0.05) is 13.3 Å². The molecule has 0 atom stereocenters. The first-order valence-corrected chi connectivity index (χ1v) is 6.83. The molecule has 18 heavy (non-hydrogen) atoms. The van der Waals surface area contributed by atoms with E-state index in [1.807, 2.05) is 19.0 Å². The third-order valence-corrected chi connectivity index (χ3v) is 2.27. The van der Waals surface area contributed by atoms with Gasteiger partial charge in [0.15, 0.2) is 5.96 Å². The summed E-state index contributed by atoms with van der Waals surface area (Å²) in [7, 11) is 3.95. The maximum Gasteiger partial charge on any atom is 0.193 e. The van der Waals surface area contributed by atoms with Crippen LogP contribution < -0.4 is 5.32 Å². The number of rotatable bonds is 10. The number of nitrogens with one attached hydrogen (secondary N) is 1. The fraction of sp³-hybridized carbons (Fsp3) is 0.923. The number of nitrogens with zero attached hydrogens (tertiary/aromatic N) is 2. The summed E-state index contributed by atoms with van der Waals surface area (Å²) in [5, 5.41) is 3.20. The first-order valence-electron chi connectivity index (χ1n) is 6.83. The average molecular weight is 259 g/mol. The highest BCUT2D eigenvalue weighted by Crippen LogP contribution is 1.88. The van der Waals surface area contributed by atoms with Gasteiger partial charge in [0, 0.05) is 27.2 Å². The molecule has 0 rings (SSSR count). The van der Waals surface area contributed by atoms with Crippen LogP contribution in [0.4, 0.5) is 0 Å². The van der Waals surface area contributed by atoms with E-state index >= 15 is 0 Å². The van der Waals surface area contributed by atoms with Crippen molar-refractivity contribution >= 4 is 5.96 Å². The summed E-state index contributed by atoms with van der Waals surface area (Å²) in [5.41, 5.74) is 0. The minimum absolute atomic E-state index is 0.639. The highest BCUT2D eigenvalue weighted by molar-refractivity contribution is 5.79. The van der Waals surface area contributed by atoms with Gasteiger partial charge in [-0.2, -0.15) is 0 Å². The van der Waals surface area contributed by atoms with Gasteiger partial charge in [0.05, 0.1) is 26.4 Å². The van der Waals surface area contributed by atoms with Crippen molar-refractivity contribution in [3.8, 4) is 0 Å². The summed E-state index contributed by atoms with van der Waals surface area (Å²) in [6.07, 6.45) is 2.30. The van der Waals surface area contributed by atoms with Gasteiger partial charge in [0.2, 0.25) is 0 Å². The van der Waals surface area contributed by atoms with Crippen molar-refractivity contribution in [3.05, 3.63) is 0 Å². The Balaban J connectivity index is 3.44. The van der Waals surface area contributed by atoms with Gasteiger partial charge in [-0.15, -0.1) is 0 Å². The summed E-state index contributed by atoms with van der Waals surface area (Å²) in [5.74, 6) is 0.903. The van der Waals surface area contributed by atoms with Crippen molar-refractivity contribution < 1.29 is 9.47 Å². The molecule has 0 heterocycles. The monoisotopic (exact) mass is 259 g/mol. The maximum absolute atomic E-state index is 5.44. The largest absolute Gasteiger partial charge is 0.379 e. The summed E-state index contributed by atoms with van der Waals surface area (Å²) >= 11 is 0. The molecule has 5 nitrogen and oxygen atoms in total. The summed E-state index contributed by atoms with van der Waals surface area (Å²) in [6.45, 7) is 8.57. The Labute approximate surface area is 112 Å². The lowest BCUT2D eigenvalue weighted by molar-refractivity contribution is 0.0497. The first-order chi connectivity index (χ1) is 8.72. The van der Waals surface area contributed by atoms with Gasteiger partial charge < -0.3 is 19.7 Å². The lowest BCUT2D eigenvalue weighted by Gasteiger charge is -2.16. The summed E-state index contributed by atoms with van der Waals surface area (Å²) in [4.78, 5) is 6.40. The van der Waals surface area contributed by atoms with Gasteiger partial charge >= 0.3 is 0 Å². The number of ether oxygens (including phenoxy) is 2. The van der Waals surface area contributed by atoms with Crippen molar-refractivity contribution in [3.63, 3.8) is 0 Å².